The van der Waals surface area contributed by atoms with Gasteiger partial charge in [-0.15, -0.1) is 0 Å². The molecule has 8 nitrogen and oxygen atoms in total. The molecule has 4 rings (SSSR count). The van der Waals surface area contributed by atoms with Crippen molar-refractivity contribution in [1.29, 1.82) is 0 Å². The SMILES string of the molecule is O=C[C@@H]1COCCOc2cccc(c2)C[C@H](N2CCCC2=O)C(=O)C[C@@H](CCc2ccccc2)C(=O)N1. The third-order valence-electron chi connectivity index (χ3n) is 6.91. The highest BCUT2D eigenvalue weighted by atomic mass is 16.5. The van der Waals surface area contributed by atoms with Gasteiger partial charge in [0.05, 0.1) is 19.3 Å². The normalized spacial score (nSPS) is 23.8. The van der Waals surface area contributed by atoms with Gasteiger partial charge in [0, 0.05) is 31.7 Å². The van der Waals surface area contributed by atoms with Gasteiger partial charge in [0.25, 0.3) is 0 Å². The van der Waals surface area contributed by atoms with Crippen molar-refractivity contribution in [3.8, 4) is 5.75 Å². The minimum absolute atomic E-state index is 0.0168. The summed E-state index contributed by atoms with van der Waals surface area (Å²) in [5, 5.41) is 2.75. The summed E-state index contributed by atoms with van der Waals surface area (Å²) >= 11 is 0. The van der Waals surface area contributed by atoms with Crippen LogP contribution in [0.4, 0.5) is 0 Å². The number of carbonyl (C=O) groups excluding carboxylic acids is 4. The fourth-order valence-corrected chi connectivity index (χ4v) is 4.92. The summed E-state index contributed by atoms with van der Waals surface area (Å²) in [5.74, 6) is -0.544. The number of ether oxygens (including phenoxy) is 2. The van der Waals surface area contributed by atoms with Crippen LogP contribution in [0, 0.1) is 5.92 Å². The summed E-state index contributed by atoms with van der Waals surface area (Å²) in [6, 6.07) is 15.8. The zero-order valence-corrected chi connectivity index (χ0v) is 21.0. The molecule has 0 unspecified atom stereocenters. The minimum Gasteiger partial charge on any atom is -0.491 e. The molecule has 0 saturated carbocycles. The van der Waals surface area contributed by atoms with Crippen LogP contribution in [0.15, 0.2) is 54.6 Å². The first-order valence-electron chi connectivity index (χ1n) is 12.9. The number of hydrogen-bond acceptors (Lipinski definition) is 6. The van der Waals surface area contributed by atoms with E-state index in [1.165, 1.54) is 0 Å². The number of rotatable bonds is 5. The van der Waals surface area contributed by atoms with Crippen LogP contribution < -0.4 is 10.1 Å². The molecule has 2 aliphatic rings. The number of hydrogen-bond donors (Lipinski definition) is 1. The molecular formula is C29H34N2O6. The molecule has 196 valence electrons. The first-order valence-corrected chi connectivity index (χ1v) is 12.9. The second-order valence-corrected chi connectivity index (χ2v) is 9.62. The van der Waals surface area contributed by atoms with E-state index in [2.05, 4.69) is 5.32 Å². The topological polar surface area (TPSA) is 102 Å². The van der Waals surface area contributed by atoms with Crippen LogP contribution in [0.3, 0.4) is 0 Å². The van der Waals surface area contributed by atoms with Gasteiger partial charge in [0.1, 0.15) is 24.7 Å². The summed E-state index contributed by atoms with van der Waals surface area (Å²) in [7, 11) is 0. The van der Waals surface area contributed by atoms with Crippen LogP contribution in [0.2, 0.25) is 0 Å². The van der Waals surface area contributed by atoms with Crippen molar-refractivity contribution in [1.82, 2.24) is 10.2 Å². The smallest absolute Gasteiger partial charge is 0.224 e. The minimum atomic E-state index is -0.825. The molecular weight excluding hydrogens is 472 g/mol. The van der Waals surface area contributed by atoms with Crippen molar-refractivity contribution in [2.75, 3.05) is 26.4 Å². The fraction of sp³-hybridized carbons (Fsp3) is 0.448. The molecule has 2 aliphatic heterocycles. The maximum Gasteiger partial charge on any atom is 0.224 e. The standard InChI is InChI=1S/C29H34N2O6/c32-19-24-20-36-14-15-37-25-9-4-8-22(16-25)17-26(31-13-5-10-28(31)34)27(33)18-23(29(35)30-24)12-11-21-6-2-1-3-7-21/h1-4,6-9,16,19,23-24,26H,5,10-15,17-18,20H2,(H,30,35)/t23-,24-,26+/m1/s1. The average Bonchev–Trinajstić information content (AvgIpc) is 3.34. The van der Waals surface area contributed by atoms with Gasteiger partial charge in [-0.05, 0) is 42.5 Å². The van der Waals surface area contributed by atoms with E-state index < -0.39 is 18.0 Å². The van der Waals surface area contributed by atoms with Crippen LogP contribution >= 0.6 is 0 Å². The Morgan fingerprint density at radius 3 is 2.59 bits per heavy atom. The van der Waals surface area contributed by atoms with E-state index in [4.69, 9.17) is 9.47 Å². The highest BCUT2D eigenvalue weighted by Gasteiger charge is 2.35. The van der Waals surface area contributed by atoms with Gasteiger partial charge < -0.3 is 24.5 Å². The molecule has 8 heteroatoms. The second kappa shape index (κ2) is 13.1. The Kier molecular flexibility index (Phi) is 9.43. The molecule has 0 aromatic heterocycles. The van der Waals surface area contributed by atoms with Crippen LogP contribution in [0.25, 0.3) is 0 Å². The van der Waals surface area contributed by atoms with E-state index in [1.54, 1.807) is 4.90 Å². The number of benzene rings is 2. The first-order chi connectivity index (χ1) is 18.0. The van der Waals surface area contributed by atoms with E-state index in [-0.39, 0.29) is 43.8 Å². The highest BCUT2D eigenvalue weighted by Crippen LogP contribution is 2.24. The van der Waals surface area contributed by atoms with Crippen LogP contribution in [0.1, 0.15) is 36.8 Å². The molecule has 2 aromatic rings. The van der Waals surface area contributed by atoms with E-state index in [0.29, 0.717) is 50.7 Å². The van der Waals surface area contributed by atoms with Crippen molar-refractivity contribution in [2.24, 2.45) is 5.92 Å². The maximum atomic E-state index is 13.8. The molecule has 2 amide bonds. The van der Waals surface area contributed by atoms with E-state index in [9.17, 15) is 19.2 Å². The van der Waals surface area contributed by atoms with Gasteiger partial charge in [-0.25, -0.2) is 0 Å². The van der Waals surface area contributed by atoms with Gasteiger partial charge in [-0.3, -0.25) is 14.4 Å². The average molecular weight is 507 g/mol. The molecule has 2 bridgehead atoms. The Morgan fingerprint density at radius 2 is 1.84 bits per heavy atom. The lowest BCUT2D eigenvalue weighted by Gasteiger charge is -2.29. The van der Waals surface area contributed by atoms with Gasteiger partial charge >= 0.3 is 0 Å². The Hall–Kier alpha value is -3.52. The zero-order chi connectivity index (χ0) is 26.0. The fourth-order valence-electron chi connectivity index (χ4n) is 4.92. The molecule has 0 spiro atoms. The predicted molar refractivity (Wildman–Crippen MR) is 137 cm³/mol. The predicted octanol–water partition coefficient (Wildman–Crippen LogP) is 2.52. The number of nitrogens with one attached hydrogen (secondary N) is 1. The molecule has 1 N–H and O–H groups in total. The summed E-state index contributed by atoms with van der Waals surface area (Å²) in [5.41, 5.74) is 1.95. The third-order valence-corrected chi connectivity index (χ3v) is 6.91. The van der Waals surface area contributed by atoms with Crippen LogP contribution in [0.5, 0.6) is 5.75 Å². The number of carbonyl (C=O) groups is 4. The number of aryl methyl sites for hydroxylation is 1. The van der Waals surface area contributed by atoms with Crippen molar-refractivity contribution in [3.63, 3.8) is 0 Å². The van der Waals surface area contributed by atoms with Crippen LogP contribution in [-0.4, -0.2) is 67.2 Å². The van der Waals surface area contributed by atoms with Gasteiger partial charge in [0.15, 0.2) is 5.78 Å². The lowest BCUT2D eigenvalue weighted by atomic mass is 9.89. The lowest BCUT2D eigenvalue weighted by Crippen LogP contribution is -2.47. The zero-order valence-electron chi connectivity index (χ0n) is 21.0. The third kappa shape index (κ3) is 7.49. The maximum absolute atomic E-state index is 13.8. The molecule has 0 radical (unpaired) electrons. The quantitative estimate of drug-likeness (QED) is 0.626. The summed E-state index contributed by atoms with van der Waals surface area (Å²) in [6.45, 7) is 1.07. The summed E-state index contributed by atoms with van der Waals surface area (Å²) in [4.78, 5) is 53.0. The number of amides is 2. The Labute approximate surface area is 217 Å². The second-order valence-electron chi connectivity index (χ2n) is 9.62. The van der Waals surface area contributed by atoms with Crippen molar-refractivity contribution < 1.29 is 28.7 Å². The Morgan fingerprint density at radius 1 is 1.00 bits per heavy atom. The molecule has 1 fully saturated rings. The van der Waals surface area contributed by atoms with Crippen LogP contribution in [-0.2, 0) is 36.8 Å². The lowest BCUT2D eigenvalue weighted by molar-refractivity contribution is -0.138. The number of fused-ring (bicyclic) bond motifs is 2. The number of nitrogens with zero attached hydrogens (tertiary/aromatic N) is 1. The van der Waals surface area contributed by atoms with Gasteiger partial charge in [-0.1, -0.05) is 42.5 Å². The summed E-state index contributed by atoms with van der Waals surface area (Å²) < 4.78 is 11.3. The molecule has 37 heavy (non-hydrogen) atoms. The monoisotopic (exact) mass is 506 g/mol. The number of Topliss-reactive ketones (excluding diaryl/α,β-unsaturated/α-hetero) is 1. The number of ketones is 1. The van der Waals surface area contributed by atoms with Crippen molar-refractivity contribution >= 4 is 23.9 Å². The molecule has 2 heterocycles. The van der Waals surface area contributed by atoms with Crippen molar-refractivity contribution in [2.45, 2.75) is 50.6 Å². The largest absolute Gasteiger partial charge is 0.491 e. The van der Waals surface area contributed by atoms with Gasteiger partial charge in [-0.2, -0.15) is 0 Å². The van der Waals surface area contributed by atoms with Crippen molar-refractivity contribution in [3.05, 3.63) is 65.7 Å². The van der Waals surface area contributed by atoms with Gasteiger partial charge in [0.2, 0.25) is 11.8 Å². The molecule has 1 saturated heterocycles. The number of aldehydes is 1. The molecule has 3 atom stereocenters. The Bertz CT molecular complexity index is 1090. The van der Waals surface area contributed by atoms with E-state index >= 15 is 0 Å². The summed E-state index contributed by atoms with van der Waals surface area (Å²) in [6.07, 6.45) is 3.17. The van der Waals surface area contributed by atoms with E-state index in [1.807, 2.05) is 54.6 Å². The molecule has 0 aliphatic carbocycles. The highest BCUT2D eigenvalue weighted by molar-refractivity contribution is 5.93. The Balaban J connectivity index is 1.61. The number of likely N-dealkylation sites (tertiary alicyclic amines) is 1. The van der Waals surface area contributed by atoms with E-state index in [0.717, 1.165) is 11.1 Å². The first kappa shape index (κ1) is 26.5. The molecule has 2 aromatic carbocycles.